The van der Waals surface area contributed by atoms with Crippen molar-refractivity contribution >= 4 is 11.9 Å². The molecule has 0 spiro atoms. The van der Waals surface area contributed by atoms with Gasteiger partial charge in [0, 0.05) is 25.9 Å². The summed E-state index contributed by atoms with van der Waals surface area (Å²) in [5.74, 6) is 0. The van der Waals surface area contributed by atoms with Gasteiger partial charge in [0.25, 0.3) is 0 Å². The van der Waals surface area contributed by atoms with Gasteiger partial charge < -0.3 is 4.90 Å². The second kappa shape index (κ2) is 4.61. The molecule has 0 aliphatic heterocycles. The molecule has 1 rings (SSSR count). The monoisotopic (exact) mass is 189 g/mol. The zero-order chi connectivity index (χ0) is 10.6. The molecule has 0 saturated carbocycles. The molecule has 0 amide bonds. The second-order valence-electron chi connectivity index (χ2n) is 3.54. The summed E-state index contributed by atoms with van der Waals surface area (Å²) in [5.41, 5.74) is 2.83. The Bertz CT molecular complexity index is 353. The van der Waals surface area contributed by atoms with Crippen LogP contribution in [0.2, 0.25) is 0 Å². The van der Waals surface area contributed by atoms with Gasteiger partial charge in [0.15, 0.2) is 6.29 Å². The summed E-state index contributed by atoms with van der Waals surface area (Å²) < 4.78 is 0. The van der Waals surface area contributed by atoms with E-state index in [1.807, 2.05) is 56.4 Å². The normalized spacial score (nSPS) is 11.2. The number of aldehydes is 1. The van der Waals surface area contributed by atoms with Crippen LogP contribution in [0.1, 0.15) is 11.1 Å². The first-order valence-electron chi connectivity index (χ1n) is 4.54. The predicted octanol–water partition coefficient (Wildman–Crippen LogP) is 2.10. The Morgan fingerprint density at radius 1 is 1.36 bits per heavy atom. The summed E-state index contributed by atoms with van der Waals surface area (Å²) in [7, 11) is 3.80. The van der Waals surface area contributed by atoms with Gasteiger partial charge in [-0.2, -0.15) is 0 Å². The summed E-state index contributed by atoms with van der Waals surface area (Å²) in [6, 6.07) is 7.92. The molecule has 0 radical (unpaired) electrons. The highest BCUT2D eigenvalue weighted by Gasteiger charge is 2.00. The van der Waals surface area contributed by atoms with Gasteiger partial charge in [0.1, 0.15) is 0 Å². The third-order valence-corrected chi connectivity index (χ3v) is 1.88. The number of carbonyl (C=O) groups excluding carboxylic acids is 1. The fraction of sp³-hybridized carbons (Fsp3) is 0.250. The Labute approximate surface area is 84.9 Å². The second-order valence-corrected chi connectivity index (χ2v) is 3.54. The molecule has 0 saturated heterocycles. The van der Waals surface area contributed by atoms with Gasteiger partial charge in [0.2, 0.25) is 0 Å². The highest BCUT2D eigenvalue weighted by molar-refractivity contribution is 6.06. The molecule has 0 unspecified atom stereocenters. The zero-order valence-corrected chi connectivity index (χ0v) is 8.82. The van der Waals surface area contributed by atoms with E-state index in [0.717, 1.165) is 17.4 Å². The number of nitrogens with zero attached hydrogens (tertiary/aromatic N) is 1. The number of hydrogen-bond donors (Lipinski definition) is 0. The minimum Gasteiger partial charge on any atom is -0.383 e. The lowest BCUT2D eigenvalue weighted by atomic mass is 10.1. The molecule has 1 aromatic carbocycles. The van der Waals surface area contributed by atoms with Crippen LogP contribution in [0.15, 0.2) is 30.5 Å². The van der Waals surface area contributed by atoms with Crippen LogP contribution in [0.25, 0.3) is 5.57 Å². The van der Waals surface area contributed by atoms with Gasteiger partial charge in [-0.3, -0.25) is 4.79 Å². The molecule has 0 fully saturated rings. The van der Waals surface area contributed by atoms with E-state index in [0.29, 0.717) is 5.57 Å². The summed E-state index contributed by atoms with van der Waals surface area (Å²) in [4.78, 5) is 12.7. The minimum absolute atomic E-state index is 0.707. The SMILES string of the molecule is Cc1cccc(/C(C=O)=C/N(C)C)c1. The molecule has 0 bridgehead atoms. The topological polar surface area (TPSA) is 20.3 Å². The average Bonchev–Trinajstić information content (AvgIpc) is 2.14. The molecule has 0 aliphatic carbocycles. The van der Waals surface area contributed by atoms with Crippen LogP contribution in [0.5, 0.6) is 0 Å². The average molecular weight is 189 g/mol. The molecule has 0 atom stereocenters. The first kappa shape index (κ1) is 10.5. The summed E-state index contributed by atoms with van der Waals surface area (Å²) in [6.45, 7) is 2.02. The molecule has 74 valence electrons. The summed E-state index contributed by atoms with van der Waals surface area (Å²) in [5, 5.41) is 0. The molecule has 2 nitrogen and oxygen atoms in total. The van der Waals surface area contributed by atoms with Crippen LogP contribution >= 0.6 is 0 Å². The Balaban J connectivity index is 3.07. The first-order valence-corrected chi connectivity index (χ1v) is 4.54. The number of hydrogen-bond acceptors (Lipinski definition) is 2. The van der Waals surface area contributed by atoms with Crippen molar-refractivity contribution < 1.29 is 4.79 Å². The molecule has 0 aliphatic rings. The van der Waals surface area contributed by atoms with E-state index in [1.165, 1.54) is 0 Å². The van der Waals surface area contributed by atoms with Gasteiger partial charge in [-0.1, -0.05) is 29.8 Å². The van der Waals surface area contributed by atoms with E-state index in [4.69, 9.17) is 0 Å². The Morgan fingerprint density at radius 2 is 2.07 bits per heavy atom. The molecule has 14 heavy (non-hydrogen) atoms. The van der Waals surface area contributed by atoms with Crippen molar-refractivity contribution in [3.8, 4) is 0 Å². The number of rotatable bonds is 3. The number of benzene rings is 1. The Hall–Kier alpha value is -1.57. The van der Waals surface area contributed by atoms with Crippen LogP contribution in [0, 0.1) is 6.92 Å². The van der Waals surface area contributed by atoms with Gasteiger partial charge in [-0.05, 0) is 12.5 Å². The number of carbonyl (C=O) groups is 1. The van der Waals surface area contributed by atoms with Crippen LogP contribution in [-0.2, 0) is 4.79 Å². The summed E-state index contributed by atoms with van der Waals surface area (Å²) in [6.07, 6.45) is 2.70. The molecular weight excluding hydrogens is 174 g/mol. The third kappa shape index (κ3) is 2.73. The van der Waals surface area contributed by atoms with E-state index in [1.54, 1.807) is 0 Å². The Morgan fingerprint density at radius 3 is 2.57 bits per heavy atom. The fourth-order valence-corrected chi connectivity index (χ4v) is 1.28. The quantitative estimate of drug-likeness (QED) is 0.536. The van der Waals surface area contributed by atoms with E-state index < -0.39 is 0 Å². The maximum atomic E-state index is 10.9. The summed E-state index contributed by atoms with van der Waals surface area (Å²) >= 11 is 0. The van der Waals surface area contributed by atoms with Gasteiger partial charge >= 0.3 is 0 Å². The highest BCUT2D eigenvalue weighted by atomic mass is 16.1. The lowest BCUT2D eigenvalue weighted by molar-refractivity contribution is -0.103. The van der Waals surface area contributed by atoms with Crippen molar-refractivity contribution in [2.45, 2.75) is 6.92 Å². The van der Waals surface area contributed by atoms with Crippen LogP contribution in [0.4, 0.5) is 0 Å². The van der Waals surface area contributed by atoms with Gasteiger partial charge in [0.05, 0.1) is 0 Å². The van der Waals surface area contributed by atoms with Gasteiger partial charge in [-0.25, -0.2) is 0 Å². The van der Waals surface area contributed by atoms with Crippen molar-refractivity contribution in [3.63, 3.8) is 0 Å². The minimum atomic E-state index is 0.707. The van der Waals surface area contributed by atoms with Crippen molar-refractivity contribution in [1.29, 1.82) is 0 Å². The largest absolute Gasteiger partial charge is 0.383 e. The zero-order valence-electron chi connectivity index (χ0n) is 8.82. The van der Waals surface area contributed by atoms with Crippen molar-refractivity contribution in [3.05, 3.63) is 41.6 Å². The van der Waals surface area contributed by atoms with Gasteiger partial charge in [-0.15, -0.1) is 0 Å². The van der Waals surface area contributed by atoms with Crippen molar-refractivity contribution in [2.24, 2.45) is 0 Å². The molecule has 0 heterocycles. The fourth-order valence-electron chi connectivity index (χ4n) is 1.28. The van der Waals surface area contributed by atoms with E-state index in [9.17, 15) is 4.79 Å². The third-order valence-electron chi connectivity index (χ3n) is 1.88. The molecule has 0 aromatic heterocycles. The number of allylic oxidation sites excluding steroid dienone is 1. The van der Waals surface area contributed by atoms with Crippen LogP contribution in [0.3, 0.4) is 0 Å². The maximum absolute atomic E-state index is 10.9. The first-order chi connectivity index (χ1) is 6.63. The number of aryl methyl sites for hydroxylation is 1. The maximum Gasteiger partial charge on any atom is 0.152 e. The Kier molecular flexibility index (Phi) is 3.46. The van der Waals surface area contributed by atoms with E-state index in [2.05, 4.69) is 0 Å². The van der Waals surface area contributed by atoms with E-state index in [-0.39, 0.29) is 0 Å². The van der Waals surface area contributed by atoms with Crippen LogP contribution in [-0.4, -0.2) is 25.3 Å². The molecule has 0 N–H and O–H groups in total. The molecule has 2 heteroatoms. The van der Waals surface area contributed by atoms with Crippen LogP contribution < -0.4 is 0 Å². The predicted molar refractivity (Wildman–Crippen MR) is 58.9 cm³/mol. The molecular formula is C12H15NO. The van der Waals surface area contributed by atoms with E-state index >= 15 is 0 Å². The van der Waals surface area contributed by atoms with Crippen molar-refractivity contribution in [1.82, 2.24) is 4.90 Å². The molecule has 1 aromatic rings. The lowest BCUT2D eigenvalue weighted by Gasteiger charge is -2.07. The van der Waals surface area contributed by atoms with Crippen molar-refractivity contribution in [2.75, 3.05) is 14.1 Å². The lowest BCUT2D eigenvalue weighted by Crippen LogP contribution is -2.03. The smallest absolute Gasteiger partial charge is 0.152 e. The standard InChI is InChI=1S/C12H15NO/c1-10-5-4-6-11(7-10)12(9-14)8-13(2)3/h4-9H,1-3H3/b12-8+. The highest BCUT2D eigenvalue weighted by Crippen LogP contribution is 2.13.